The number of hydrogen-bond acceptors (Lipinski definition) is 3. The number of fused-ring (bicyclic) bond motifs is 1. The molecule has 2 N–H and O–H groups in total. The van der Waals surface area contributed by atoms with Crippen LogP contribution in [0.3, 0.4) is 0 Å². The number of anilines is 1. The highest BCUT2D eigenvalue weighted by atomic mass is 16.2. The molecule has 4 atom stereocenters. The molecule has 0 unspecified atom stereocenters. The van der Waals surface area contributed by atoms with Gasteiger partial charge in [0.15, 0.2) is 0 Å². The van der Waals surface area contributed by atoms with Crippen LogP contribution in [0.1, 0.15) is 18.4 Å². The Labute approximate surface area is 152 Å². The molecule has 0 aromatic heterocycles. The quantitative estimate of drug-likeness (QED) is 0.644. The topological polar surface area (TPSA) is 78.5 Å². The zero-order chi connectivity index (χ0) is 18.3. The van der Waals surface area contributed by atoms with Gasteiger partial charge in [-0.2, -0.15) is 0 Å². The molecule has 1 heterocycles. The smallest absolute Gasteiger partial charge is 0.319 e. The van der Waals surface area contributed by atoms with Crippen LogP contribution < -0.4 is 10.6 Å². The molecule has 2 fully saturated rings. The van der Waals surface area contributed by atoms with Crippen molar-refractivity contribution in [1.29, 1.82) is 0 Å². The average Bonchev–Trinajstić information content (AvgIpc) is 2.92. The fourth-order valence-corrected chi connectivity index (χ4v) is 4.45. The molecule has 3 aliphatic carbocycles. The van der Waals surface area contributed by atoms with E-state index in [9.17, 15) is 14.4 Å². The number of amides is 4. The maximum atomic E-state index is 12.7. The molecule has 0 spiro atoms. The minimum Gasteiger partial charge on any atom is -0.336 e. The third-order valence-electron chi connectivity index (χ3n) is 5.78. The number of urea groups is 1. The van der Waals surface area contributed by atoms with Gasteiger partial charge in [0.05, 0.1) is 11.8 Å². The SMILES string of the molecule is Cc1ccc(NC(=O)NCCN2C(=O)[C@H]3[C@H](C2=O)[C@H]2C=C[C@H]3CC2)cc1. The van der Waals surface area contributed by atoms with Crippen LogP contribution in [0.5, 0.6) is 0 Å². The molecule has 1 saturated carbocycles. The van der Waals surface area contributed by atoms with Crippen LogP contribution >= 0.6 is 0 Å². The second-order valence-electron chi connectivity index (χ2n) is 7.42. The summed E-state index contributed by atoms with van der Waals surface area (Å²) in [6.07, 6.45) is 6.20. The Morgan fingerprint density at radius 2 is 1.62 bits per heavy atom. The van der Waals surface area contributed by atoms with Crippen LogP contribution in [-0.2, 0) is 9.59 Å². The van der Waals surface area contributed by atoms with E-state index < -0.39 is 0 Å². The first-order valence-electron chi connectivity index (χ1n) is 9.19. The van der Waals surface area contributed by atoms with E-state index in [1.54, 1.807) is 0 Å². The number of aryl methyl sites for hydroxylation is 1. The third kappa shape index (κ3) is 2.89. The molecule has 1 saturated heterocycles. The number of nitrogens with one attached hydrogen (secondary N) is 2. The molecule has 26 heavy (non-hydrogen) atoms. The first kappa shape index (κ1) is 16.8. The number of rotatable bonds is 4. The normalized spacial score (nSPS) is 29.0. The van der Waals surface area contributed by atoms with Gasteiger partial charge in [0, 0.05) is 18.8 Å². The molecule has 5 rings (SSSR count). The van der Waals surface area contributed by atoms with Gasteiger partial charge in [0.1, 0.15) is 0 Å². The number of hydrogen-bond donors (Lipinski definition) is 2. The van der Waals surface area contributed by atoms with E-state index in [0.717, 1.165) is 18.4 Å². The highest BCUT2D eigenvalue weighted by Gasteiger charge is 2.56. The van der Waals surface area contributed by atoms with Gasteiger partial charge in [-0.3, -0.25) is 14.5 Å². The van der Waals surface area contributed by atoms with E-state index >= 15 is 0 Å². The summed E-state index contributed by atoms with van der Waals surface area (Å²) < 4.78 is 0. The van der Waals surface area contributed by atoms with Gasteiger partial charge in [0.2, 0.25) is 11.8 Å². The van der Waals surface area contributed by atoms with Crippen molar-refractivity contribution in [1.82, 2.24) is 10.2 Å². The first-order valence-corrected chi connectivity index (χ1v) is 9.19. The zero-order valence-electron chi connectivity index (χ0n) is 14.8. The van der Waals surface area contributed by atoms with E-state index in [4.69, 9.17) is 0 Å². The van der Waals surface area contributed by atoms with Crippen LogP contribution in [0.4, 0.5) is 10.5 Å². The number of benzene rings is 1. The molecule has 4 amide bonds. The Hall–Kier alpha value is -2.63. The molecule has 6 nitrogen and oxygen atoms in total. The Kier molecular flexibility index (Phi) is 4.26. The van der Waals surface area contributed by atoms with Crippen molar-refractivity contribution >= 4 is 23.5 Å². The van der Waals surface area contributed by atoms with E-state index in [2.05, 4.69) is 22.8 Å². The summed E-state index contributed by atoms with van der Waals surface area (Å²) in [5.41, 5.74) is 1.82. The van der Waals surface area contributed by atoms with Crippen molar-refractivity contribution in [2.75, 3.05) is 18.4 Å². The minimum atomic E-state index is -0.341. The maximum absolute atomic E-state index is 12.7. The molecule has 4 aliphatic rings. The van der Waals surface area contributed by atoms with Crippen LogP contribution in [-0.4, -0.2) is 35.8 Å². The summed E-state index contributed by atoms with van der Waals surface area (Å²) in [5.74, 6) is -0.117. The van der Waals surface area contributed by atoms with Crippen molar-refractivity contribution in [2.24, 2.45) is 23.7 Å². The number of nitrogens with zero attached hydrogens (tertiary/aromatic N) is 1. The monoisotopic (exact) mass is 353 g/mol. The molecular weight excluding hydrogens is 330 g/mol. The van der Waals surface area contributed by atoms with Crippen LogP contribution in [0.2, 0.25) is 0 Å². The first-order chi connectivity index (χ1) is 12.5. The fraction of sp³-hybridized carbons (Fsp3) is 0.450. The maximum Gasteiger partial charge on any atom is 0.319 e. The lowest BCUT2D eigenvalue weighted by molar-refractivity contribution is -0.140. The number of allylic oxidation sites excluding steroid dienone is 2. The summed E-state index contributed by atoms with van der Waals surface area (Å²) in [6, 6.07) is 7.15. The average molecular weight is 353 g/mol. The molecule has 1 aliphatic heterocycles. The van der Waals surface area contributed by atoms with Gasteiger partial charge in [-0.1, -0.05) is 29.8 Å². The van der Waals surface area contributed by atoms with E-state index in [0.29, 0.717) is 5.69 Å². The highest BCUT2D eigenvalue weighted by molar-refractivity contribution is 6.06. The number of carbonyl (C=O) groups excluding carboxylic acids is 3. The van der Waals surface area contributed by atoms with Gasteiger partial charge in [-0.05, 0) is 43.7 Å². The Morgan fingerprint density at radius 1 is 1.04 bits per heavy atom. The lowest BCUT2D eigenvalue weighted by Crippen LogP contribution is -2.40. The van der Waals surface area contributed by atoms with Gasteiger partial charge >= 0.3 is 6.03 Å². The number of carbonyl (C=O) groups is 3. The van der Waals surface area contributed by atoms with Crippen LogP contribution in [0.15, 0.2) is 36.4 Å². The lowest BCUT2D eigenvalue weighted by Gasteiger charge is -2.38. The summed E-state index contributed by atoms with van der Waals surface area (Å²) in [7, 11) is 0. The summed E-state index contributed by atoms with van der Waals surface area (Å²) >= 11 is 0. The second-order valence-corrected chi connectivity index (χ2v) is 7.42. The van der Waals surface area contributed by atoms with Crippen molar-refractivity contribution in [2.45, 2.75) is 19.8 Å². The lowest BCUT2D eigenvalue weighted by atomic mass is 9.63. The molecular formula is C20H23N3O3. The van der Waals surface area contributed by atoms with Crippen molar-refractivity contribution in [3.05, 3.63) is 42.0 Å². The Balaban J connectivity index is 1.31. The Bertz CT molecular complexity index is 739. The highest BCUT2D eigenvalue weighted by Crippen LogP contribution is 2.49. The fourth-order valence-electron chi connectivity index (χ4n) is 4.45. The van der Waals surface area contributed by atoms with Crippen LogP contribution in [0.25, 0.3) is 0 Å². The standard InChI is InChI=1S/C20H23N3O3/c1-12-2-8-15(9-3-12)22-20(26)21-10-11-23-18(24)16-13-4-5-14(7-6-13)17(16)19(23)25/h2-5,8-9,13-14,16-17H,6-7,10-11H2,1H3,(H2,21,22,26)/t13-,14-,16+,17+/m0/s1. The van der Waals surface area contributed by atoms with Gasteiger partial charge in [0.25, 0.3) is 0 Å². The predicted molar refractivity (Wildman–Crippen MR) is 97.3 cm³/mol. The molecule has 1 aromatic carbocycles. The molecule has 0 radical (unpaired) electrons. The third-order valence-corrected chi connectivity index (χ3v) is 5.78. The van der Waals surface area contributed by atoms with E-state index in [1.807, 2.05) is 31.2 Å². The molecule has 136 valence electrons. The second kappa shape index (κ2) is 6.59. The predicted octanol–water partition coefficient (Wildman–Crippen LogP) is 2.31. The largest absolute Gasteiger partial charge is 0.336 e. The van der Waals surface area contributed by atoms with Crippen molar-refractivity contribution in [3.8, 4) is 0 Å². The molecule has 2 bridgehead atoms. The summed E-state index contributed by atoms with van der Waals surface area (Å²) in [5, 5.41) is 5.46. The van der Waals surface area contributed by atoms with E-state index in [-0.39, 0.29) is 54.6 Å². The number of imide groups is 1. The van der Waals surface area contributed by atoms with Crippen LogP contribution in [0, 0.1) is 30.6 Å². The van der Waals surface area contributed by atoms with Gasteiger partial charge in [-0.25, -0.2) is 4.79 Å². The zero-order valence-corrected chi connectivity index (χ0v) is 14.8. The van der Waals surface area contributed by atoms with Crippen molar-refractivity contribution in [3.63, 3.8) is 0 Å². The summed E-state index contributed by atoms with van der Waals surface area (Å²) in [6.45, 7) is 2.45. The molecule has 1 aromatic rings. The summed E-state index contributed by atoms with van der Waals surface area (Å²) in [4.78, 5) is 38.7. The number of likely N-dealkylation sites (tertiary alicyclic amines) is 1. The molecule has 6 heteroatoms. The van der Waals surface area contributed by atoms with Crippen molar-refractivity contribution < 1.29 is 14.4 Å². The van der Waals surface area contributed by atoms with Gasteiger partial charge in [-0.15, -0.1) is 0 Å². The Morgan fingerprint density at radius 3 is 2.15 bits per heavy atom. The van der Waals surface area contributed by atoms with E-state index in [1.165, 1.54) is 4.90 Å². The minimum absolute atomic E-state index is 0.0696. The van der Waals surface area contributed by atoms with Gasteiger partial charge < -0.3 is 10.6 Å².